The fourth-order valence-electron chi connectivity index (χ4n) is 1.98. The molecule has 0 atom stereocenters. The van der Waals surface area contributed by atoms with Crippen LogP contribution in [0.2, 0.25) is 5.02 Å². The zero-order chi connectivity index (χ0) is 17.5. The van der Waals surface area contributed by atoms with E-state index in [1.165, 1.54) is 6.92 Å². The quantitative estimate of drug-likeness (QED) is 0.682. The summed E-state index contributed by atoms with van der Waals surface area (Å²) in [5, 5.41) is 9.78. The van der Waals surface area contributed by atoms with Crippen LogP contribution in [0.25, 0.3) is 0 Å². The molecule has 3 N–H and O–H groups in total. The number of hydrogen-bond donors (Lipinski definition) is 3. The van der Waals surface area contributed by atoms with Crippen molar-refractivity contribution in [3.8, 4) is 5.75 Å². The highest BCUT2D eigenvalue weighted by atomic mass is 35.5. The lowest BCUT2D eigenvalue weighted by Gasteiger charge is -2.12. The highest BCUT2D eigenvalue weighted by Gasteiger charge is 2.05. The predicted octanol–water partition coefficient (Wildman–Crippen LogP) is 4.51. The average molecular weight is 364 g/mol. The lowest BCUT2D eigenvalue weighted by molar-refractivity contribution is -0.114. The fourth-order valence-corrected chi connectivity index (χ4v) is 2.46. The molecule has 0 aromatic heterocycles. The SMILES string of the molecule is CCOc1ccc(NC(=S)Nc2ccc(NC(C)=O)cc2)cc1Cl. The Morgan fingerprint density at radius 1 is 1.04 bits per heavy atom. The normalized spacial score (nSPS) is 9.96. The van der Waals surface area contributed by atoms with E-state index in [1.807, 2.05) is 25.1 Å². The summed E-state index contributed by atoms with van der Waals surface area (Å²) in [4.78, 5) is 11.0. The van der Waals surface area contributed by atoms with Crippen LogP contribution in [0.1, 0.15) is 13.8 Å². The Morgan fingerprint density at radius 2 is 1.58 bits per heavy atom. The highest BCUT2D eigenvalue weighted by molar-refractivity contribution is 7.80. The number of nitrogens with one attached hydrogen (secondary N) is 3. The van der Waals surface area contributed by atoms with Crippen molar-refractivity contribution in [1.82, 2.24) is 0 Å². The zero-order valence-corrected chi connectivity index (χ0v) is 14.9. The second kappa shape index (κ2) is 8.52. The lowest BCUT2D eigenvalue weighted by Crippen LogP contribution is -2.19. The second-order valence-corrected chi connectivity index (χ2v) is 5.73. The molecule has 0 aliphatic heterocycles. The first kappa shape index (κ1) is 18.0. The van der Waals surface area contributed by atoms with E-state index >= 15 is 0 Å². The molecular weight excluding hydrogens is 346 g/mol. The summed E-state index contributed by atoms with van der Waals surface area (Å²) in [5.41, 5.74) is 2.29. The van der Waals surface area contributed by atoms with Gasteiger partial charge >= 0.3 is 0 Å². The average Bonchev–Trinajstić information content (AvgIpc) is 2.51. The first-order valence-electron chi connectivity index (χ1n) is 7.36. The molecule has 0 bridgehead atoms. The third kappa shape index (κ3) is 5.40. The number of halogens is 1. The van der Waals surface area contributed by atoms with Gasteiger partial charge in [-0.2, -0.15) is 0 Å². The Hall–Kier alpha value is -2.31. The van der Waals surface area contributed by atoms with Crippen molar-refractivity contribution in [1.29, 1.82) is 0 Å². The predicted molar refractivity (Wildman–Crippen MR) is 103 cm³/mol. The van der Waals surface area contributed by atoms with E-state index in [0.717, 1.165) is 17.1 Å². The molecule has 0 radical (unpaired) electrons. The van der Waals surface area contributed by atoms with Crippen molar-refractivity contribution in [2.45, 2.75) is 13.8 Å². The molecule has 0 unspecified atom stereocenters. The number of benzene rings is 2. The van der Waals surface area contributed by atoms with Gasteiger partial charge in [0.2, 0.25) is 5.91 Å². The summed E-state index contributed by atoms with van der Waals surface area (Å²) in [6.45, 7) is 3.92. The van der Waals surface area contributed by atoms with Gasteiger partial charge in [0.1, 0.15) is 5.75 Å². The van der Waals surface area contributed by atoms with Crippen molar-refractivity contribution < 1.29 is 9.53 Å². The standard InChI is InChI=1S/C17H18ClN3O2S/c1-3-23-16-9-8-14(10-15(16)18)21-17(24)20-13-6-4-12(5-7-13)19-11(2)22/h4-10H,3H2,1-2H3,(H,19,22)(H2,20,21,24). The van der Waals surface area contributed by atoms with Crippen LogP contribution in [0.3, 0.4) is 0 Å². The van der Waals surface area contributed by atoms with E-state index in [9.17, 15) is 4.79 Å². The molecule has 126 valence electrons. The molecule has 0 aliphatic rings. The third-order valence-electron chi connectivity index (χ3n) is 2.95. The lowest BCUT2D eigenvalue weighted by atomic mass is 10.3. The number of ether oxygens (including phenoxy) is 1. The molecular formula is C17H18ClN3O2S. The molecule has 7 heteroatoms. The number of carbonyl (C=O) groups is 1. The van der Waals surface area contributed by atoms with Gasteiger partial charge < -0.3 is 20.7 Å². The van der Waals surface area contributed by atoms with Crippen LogP contribution in [0.15, 0.2) is 42.5 Å². The Balaban J connectivity index is 1.95. The van der Waals surface area contributed by atoms with Gasteiger partial charge in [-0.3, -0.25) is 4.79 Å². The first-order valence-corrected chi connectivity index (χ1v) is 8.14. The smallest absolute Gasteiger partial charge is 0.221 e. The Labute approximate surface area is 151 Å². The van der Waals surface area contributed by atoms with Crippen molar-refractivity contribution in [3.63, 3.8) is 0 Å². The molecule has 5 nitrogen and oxygen atoms in total. The van der Waals surface area contributed by atoms with E-state index in [2.05, 4.69) is 16.0 Å². The fraction of sp³-hybridized carbons (Fsp3) is 0.176. The molecule has 2 aromatic carbocycles. The van der Waals surface area contributed by atoms with E-state index in [1.54, 1.807) is 24.3 Å². The summed E-state index contributed by atoms with van der Waals surface area (Å²) in [5.74, 6) is 0.525. The van der Waals surface area contributed by atoms with Gasteiger partial charge in [-0.05, 0) is 61.6 Å². The number of amides is 1. The number of anilines is 3. The molecule has 0 saturated carbocycles. The number of hydrogen-bond acceptors (Lipinski definition) is 3. The number of rotatable bonds is 5. The van der Waals surface area contributed by atoms with Gasteiger partial charge in [-0.25, -0.2) is 0 Å². The molecule has 2 aromatic rings. The van der Waals surface area contributed by atoms with E-state index in [-0.39, 0.29) is 5.91 Å². The van der Waals surface area contributed by atoms with Crippen LogP contribution in [-0.2, 0) is 4.79 Å². The van der Waals surface area contributed by atoms with Gasteiger partial charge in [-0.15, -0.1) is 0 Å². The Kier molecular flexibility index (Phi) is 6.40. The Morgan fingerprint density at radius 3 is 2.12 bits per heavy atom. The highest BCUT2D eigenvalue weighted by Crippen LogP contribution is 2.27. The topological polar surface area (TPSA) is 62.4 Å². The molecule has 0 spiro atoms. The van der Waals surface area contributed by atoms with E-state index in [4.69, 9.17) is 28.6 Å². The molecule has 0 aliphatic carbocycles. The summed E-state index contributed by atoms with van der Waals surface area (Å²) < 4.78 is 5.39. The largest absolute Gasteiger partial charge is 0.492 e. The maximum Gasteiger partial charge on any atom is 0.221 e. The van der Waals surface area contributed by atoms with Crippen molar-refractivity contribution in [2.24, 2.45) is 0 Å². The van der Waals surface area contributed by atoms with Gasteiger partial charge in [-0.1, -0.05) is 11.6 Å². The van der Waals surface area contributed by atoms with Crippen LogP contribution < -0.4 is 20.7 Å². The zero-order valence-electron chi connectivity index (χ0n) is 13.4. The van der Waals surface area contributed by atoms with Crippen molar-refractivity contribution >= 4 is 51.9 Å². The molecule has 2 rings (SSSR count). The molecule has 24 heavy (non-hydrogen) atoms. The molecule has 0 fully saturated rings. The minimum Gasteiger partial charge on any atom is -0.492 e. The van der Waals surface area contributed by atoms with Crippen LogP contribution in [0.5, 0.6) is 5.75 Å². The summed E-state index contributed by atoms with van der Waals surface area (Å²) >= 11 is 11.4. The second-order valence-electron chi connectivity index (χ2n) is 4.92. The van der Waals surface area contributed by atoms with Gasteiger partial charge in [0.05, 0.1) is 11.6 Å². The summed E-state index contributed by atoms with van der Waals surface area (Å²) in [6.07, 6.45) is 0. The minimum atomic E-state index is -0.111. The summed E-state index contributed by atoms with van der Waals surface area (Å²) in [7, 11) is 0. The molecule has 1 amide bonds. The monoisotopic (exact) mass is 363 g/mol. The number of carbonyl (C=O) groups excluding carboxylic acids is 1. The van der Waals surface area contributed by atoms with Gasteiger partial charge in [0.25, 0.3) is 0 Å². The first-order chi connectivity index (χ1) is 11.5. The van der Waals surface area contributed by atoms with Crippen LogP contribution in [-0.4, -0.2) is 17.6 Å². The minimum absolute atomic E-state index is 0.111. The van der Waals surface area contributed by atoms with Crippen LogP contribution >= 0.6 is 23.8 Å². The van der Waals surface area contributed by atoms with E-state index in [0.29, 0.717) is 22.5 Å². The van der Waals surface area contributed by atoms with Crippen molar-refractivity contribution in [2.75, 3.05) is 22.6 Å². The Bertz CT molecular complexity index is 735. The molecule has 0 saturated heterocycles. The van der Waals surface area contributed by atoms with Gasteiger partial charge in [0.15, 0.2) is 5.11 Å². The maximum atomic E-state index is 11.0. The molecule has 0 heterocycles. The third-order valence-corrected chi connectivity index (χ3v) is 3.45. The van der Waals surface area contributed by atoms with Crippen molar-refractivity contribution in [3.05, 3.63) is 47.5 Å². The van der Waals surface area contributed by atoms with Crippen LogP contribution in [0.4, 0.5) is 17.1 Å². The van der Waals surface area contributed by atoms with Crippen LogP contribution in [0, 0.1) is 0 Å². The van der Waals surface area contributed by atoms with Gasteiger partial charge in [0, 0.05) is 24.0 Å². The van der Waals surface area contributed by atoms with E-state index < -0.39 is 0 Å². The number of thiocarbonyl (C=S) groups is 1. The maximum absolute atomic E-state index is 11.0. The summed E-state index contributed by atoms with van der Waals surface area (Å²) in [6, 6.07) is 12.6.